The molecule has 8 heteroatoms. The number of para-hydroxylation sites is 4. The predicted octanol–water partition coefficient (Wildman–Crippen LogP) is 9.57. The van der Waals surface area contributed by atoms with Gasteiger partial charge in [0.1, 0.15) is 22.3 Å². The van der Waals surface area contributed by atoms with E-state index in [0.717, 1.165) is 77.3 Å². The average Bonchev–Trinajstić information content (AvgIpc) is 4.04. The second-order valence-electron chi connectivity index (χ2n) is 14.7. The molecule has 13 rings (SSSR count). The molecule has 0 aliphatic carbocycles. The highest BCUT2D eigenvalue weighted by Gasteiger charge is 2.47. The number of fused-ring (bicyclic) bond motifs is 13. The molecule has 0 N–H and O–H groups in total. The minimum Gasteiger partial charge on any atom is -0.471 e. The van der Waals surface area contributed by atoms with Crippen LogP contribution in [0.4, 0.5) is 17.1 Å². The van der Waals surface area contributed by atoms with Crippen LogP contribution in [0.2, 0.25) is 0 Å². The van der Waals surface area contributed by atoms with Crippen molar-refractivity contribution in [3.05, 3.63) is 163 Å². The van der Waals surface area contributed by atoms with Gasteiger partial charge in [0.2, 0.25) is 0 Å². The maximum Gasteiger partial charge on any atom is 0.290 e. The van der Waals surface area contributed by atoms with Crippen molar-refractivity contribution in [2.75, 3.05) is 4.90 Å². The summed E-state index contributed by atoms with van der Waals surface area (Å²) in [6, 6.07) is 56.4. The van der Waals surface area contributed by atoms with Crippen LogP contribution in [0.1, 0.15) is 0 Å². The molecule has 0 saturated heterocycles. The van der Waals surface area contributed by atoms with Crippen LogP contribution in [0.3, 0.4) is 0 Å². The number of benzene rings is 7. The van der Waals surface area contributed by atoms with Crippen LogP contribution in [0.15, 0.2) is 186 Å². The summed E-state index contributed by atoms with van der Waals surface area (Å²) in [6.07, 6.45) is 0. The third kappa shape index (κ3) is 4.28. The highest BCUT2D eigenvalue weighted by molar-refractivity contribution is 7.99. The number of hydrogen-bond acceptors (Lipinski definition) is 6. The van der Waals surface area contributed by atoms with E-state index in [9.17, 15) is 0 Å². The van der Waals surface area contributed by atoms with Crippen molar-refractivity contribution >= 4 is 141 Å². The Bertz CT molecular complexity index is 3350. The Labute approximate surface area is 330 Å². The molecule has 0 bridgehead atoms. The van der Waals surface area contributed by atoms with E-state index < -0.39 is 0 Å². The lowest BCUT2D eigenvalue weighted by atomic mass is 9.24. The molecule has 6 heterocycles. The van der Waals surface area contributed by atoms with Gasteiger partial charge >= 0.3 is 0 Å². The molecule has 4 nitrogen and oxygen atoms in total. The van der Waals surface area contributed by atoms with E-state index in [1.807, 2.05) is 23.9 Å². The van der Waals surface area contributed by atoms with Crippen molar-refractivity contribution in [2.45, 2.75) is 9.79 Å². The predicted molar refractivity (Wildman–Crippen MR) is 236 cm³/mol. The maximum atomic E-state index is 7.15. The first-order valence-corrected chi connectivity index (χ1v) is 20.6. The summed E-state index contributed by atoms with van der Waals surface area (Å²) in [5.41, 5.74) is 13.5. The number of furan rings is 3. The van der Waals surface area contributed by atoms with Crippen molar-refractivity contribution < 1.29 is 13.3 Å². The SMILES string of the molecule is c1ccc2c(c1)Sc1ccccc1N2c1ccc(B2c3oc4ccccc4c3B(c3ccc4c(c3)oc3ccccc34)c3oc4ccc5sccc5c4c32)cc1. The summed E-state index contributed by atoms with van der Waals surface area (Å²) in [5.74, 6) is 0. The minimum absolute atomic E-state index is 0.198. The van der Waals surface area contributed by atoms with Crippen molar-refractivity contribution in [3.8, 4) is 0 Å². The molecule has 0 amide bonds. The lowest BCUT2D eigenvalue weighted by Crippen LogP contribution is -2.73. The van der Waals surface area contributed by atoms with E-state index in [4.69, 9.17) is 13.3 Å². The number of thiophene rings is 1. The Morgan fingerprint density at radius 3 is 1.88 bits per heavy atom. The smallest absolute Gasteiger partial charge is 0.290 e. The second kappa shape index (κ2) is 11.6. The summed E-state index contributed by atoms with van der Waals surface area (Å²) in [5, 5.41) is 7.88. The molecule has 0 saturated carbocycles. The highest BCUT2D eigenvalue weighted by atomic mass is 32.2. The van der Waals surface area contributed by atoms with E-state index in [-0.39, 0.29) is 13.4 Å². The number of nitrogens with zero attached hydrogens (tertiary/aromatic N) is 1. The number of anilines is 3. The summed E-state index contributed by atoms with van der Waals surface area (Å²) >= 11 is 3.59. The normalized spacial score (nSPS) is 13.5. The highest BCUT2D eigenvalue weighted by Crippen LogP contribution is 2.51. The van der Waals surface area contributed by atoms with Gasteiger partial charge in [-0.05, 0) is 89.1 Å². The van der Waals surface area contributed by atoms with E-state index >= 15 is 0 Å². The monoisotopic (exact) mass is 751 g/mol. The third-order valence-electron chi connectivity index (χ3n) is 11.8. The average molecular weight is 752 g/mol. The van der Waals surface area contributed by atoms with Gasteiger partial charge in [-0.1, -0.05) is 108 Å². The molecular weight excluding hydrogens is 724 g/mol. The topological polar surface area (TPSA) is 42.7 Å². The van der Waals surface area contributed by atoms with E-state index in [1.54, 1.807) is 11.3 Å². The van der Waals surface area contributed by atoms with Crippen LogP contribution in [0.25, 0.3) is 54.0 Å². The Morgan fingerprint density at radius 1 is 0.446 bits per heavy atom. The van der Waals surface area contributed by atoms with Crippen LogP contribution < -0.4 is 38.1 Å². The van der Waals surface area contributed by atoms with Crippen molar-refractivity contribution in [1.29, 1.82) is 0 Å². The summed E-state index contributed by atoms with van der Waals surface area (Å²) in [7, 11) is 0. The molecule has 0 radical (unpaired) electrons. The Morgan fingerprint density at radius 2 is 1.07 bits per heavy atom. The molecular formula is C48H27B2NO3S2. The summed E-state index contributed by atoms with van der Waals surface area (Å²) in [4.78, 5) is 4.88. The zero-order chi connectivity index (χ0) is 36.5. The fraction of sp³-hybridized carbons (Fsp3) is 0. The molecule has 0 unspecified atom stereocenters. The van der Waals surface area contributed by atoms with Gasteiger partial charge < -0.3 is 18.2 Å². The van der Waals surface area contributed by atoms with Crippen LogP contribution in [-0.4, -0.2) is 13.4 Å². The van der Waals surface area contributed by atoms with Crippen LogP contribution in [0, 0.1) is 0 Å². The largest absolute Gasteiger partial charge is 0.471 e. The van der Waals surface area contributed by atoms with Gasteiger partial charge in [0, 0.05) is 47.1 Å². The fourth-order valence-corrected chi connectivity index (χ4v) is 11.3. The van der Waals surface area contributed by atoms with Crippen LogP contribution in [-0.2, 0) is 0 Å². The van der Waals surface area contributed by atoms with Gasteiger partial charge in [-0.2, -0.15) is 0 Å². The van der Waals surface area contributed by atoms with E-state index in [2.05, 4.69) is 156 Å². The number of hydrogen-bond donors (Lipinski definition) is 0. The van der Waals surface area contributed by atoms with Gasteiger partial charge in [-0.25, -0.2) is 0 Å². The zero-order valence-electron chi connectivity index (χ0n) is 29.7. The lowest BCUT2D eigenvalue weighted by molar-refractivity contribution is 0.647. The molecule has 0 fully saturated rings. The van der Waals surface area contributed by atoms with Gasteiger partial charge in [-0.15, -0.1) is 11.3 Å². The molecule has 2 aliphatic heterocycles. The first kappa shape index (κ1) is 30.9. The lowest BCUT2D eigenvalue weighted by Gasteiger charge is -2.33. The summed E-state index contributed by atoms with van der Waals surface area (Å²) < 4.78 is 21.9. The van der Waals surface area contributed by atoms with Crippen LogP contribution >= 0.6 is 23.1 Å². The Balaban J connectivity index is 1.06. The van der Waals surface area contributed by atoms with Crippen molar-refractivity contribution in [1.82, 2.24) is 0 Å². The molecule has 260 valence electrons. The zero-order valence-corrected chi connectivity index (χ0v) is 31.4. The van der Waals surface area contributed by atoms with Gasteiger partial charge in [-0.3, -0.25) is 0 Å². The Hall–Kier alpha value is -6.34. The van der Waals surface area contributed by atoms with Crippen molar-refractivity contribution in [3.63, 3.8) is 0 Å². The molecule has 0 atom stereocenters. The van der Waals surface area contributed by atoms with E-state index in [1.165, 1.54) is 36.7 Å². The second-order valence-corrected chi connectivity index (χ2v) is 16.7. The van der Waals surface area contributed by atoms with Gasteiger partial charge in [0.25, 0.3) is 13.4 Å². The molecule has 7 aromatic carbocycles. The maximum absolute atomic E-state index is 7.15. The molecule has 4 aromatic heterocycles. The standard InChI is InChI=1S/C48H27B2NO3S2/c1-5-13-37-31(9-1)32-22-19-29(27-40(32)52-37)50-45-33-10-2-6-14-38(33)53-47(45)49(46-44-34-25-26-55-41(34)24-23-39(44)54-48(46)50)28-17-20-30(21-18-28)51-35-11-3-7-15-42(35)56-43-16-8-4-12-36(43)51/h1-27H. The number of rotatable bonds is 3. The minimum atomic E-state index is -0.211. The first-order valence-electron chi connectivity index (χ1n) is 18.9. The van der Waals surface area contributed by atoms with Crippen molar-refractivity contribution in [2.24, 2.45) is 0 Å². The first-order chi connectivity index (χ1) is 27.8. The molecule has 11 aromatic rings. The van der Waals surface area contributed by atoms with Gasteiger partial charge in [0.15, 0.2) is 0 Å². The molecule has 56 heavy (non-hydrogen) atoms. The summed E-state index contributed by atoms with van der Waals surface area (Å²) in [6.45, 7) is -0.410. The quantitative estimate of drug-likeness (QED) is 0.168. The fourth-order valence-electron chi connectivity index (χ4n) is 9.40. The molecule has 0 spiro atoms. The van der Waals surface area contributed by atoms with Gasteiger partial charge in [0.05, 0.1) is 22.7 Å². The molecule has 2 aliphatic rings. The van der Waals surface area contributed by atoms with Crippen LogP contribution in [0.5, 0.6) is 0 Å². The third-order valence-corrected chi connectivity index (χ3v) is 13.8. The van der Waals surface area contributed by atoms with E-state index in [0.29, 0.717) is 0 Å². The Kier molecular flexibility index (Phi) is 6.40.